The molecule has 0 spiro atoms. The Morgan fingerprint density at radius 2 is 1.89 bits per heavy atom. The molecule has 0 radical (unpaired) electrons. The summed E-state index contributed by atoms with van der Waals surface area (Å²) in [4.78, 5) is 12.2. The second kappa shape index (κ2) is 6.62. The van der Waals surface area contributed by atoms with Gasteiger partial charge in [0.15, 0.2) is 0 Å². The highest BCUT2D eigenvalue weighted by atomic mass is 16.3. The number of furan rings is 1. The summed E-state index contributed by atoms with van der Waals surface area (Å²) in [6.07, 6.45) is 4.64. The van der Waals surface area contributed by atoms with Crippen molar-refractivity contribution in [1.82, 2.24) is 5.32 Å². The molecule has 1 unspecified atom stereocenters. The van der Waals surface area contributed by atoms with Crippen LogP contribution >= 0.6 is 0 Å². The van der Waals surface area contributed by atoms with Crippen molar-refractivity contribution in [2.45, 2.75) is 66.3 Å². The summed E-state index contributed by atoms with van der Waals surface area (Å²) in [5.74, 6) is 1.53. The first kappa shape index (κ1) is 14.8. The Labute approximate surface area is 110 Å². The summed E-state index contributed by atoms with van der Waals surface area (Å²) in [7, 11) is 0. The number of unbranched alkanes of at least 4 members (excludes halogenated alkanes) is 2. The van der Waals surface area contributed by atoms with Crippen LogP contribution < -0.4 is 5.32 Å². The smallest absolute Gasteiger partial charge is 0.255 e. The standard InChI is InChI=1S/C15H25NO2/c1-6-7-8-9-10(2)16-15(17)14-11(3)12(4)18-13(14)5/h10H,6-9H2,1-5H3,(H,16,17). The number of carbonyl (C=O) groups excluding carboxylic acids is 1. The van der Waals surface area contributed by atoms with Crippen LogP contribution in [0.5, 0.6) is 0 Å². The molecule has 1 aromatic rings. The Bertz CT molecular complexity index is 407. The van der Waals surface area contributed by atoms with Crippen LogP contribution in [0, 0.1) is 20.8 Å². The molecule has 0 aromatic carbocycles. The highest BCUT2D eigenvalue weighted by molar-refractivity contribution is 5.97. The minimum atomic E-state index is -0.00847. The molecule has 0 bridgehead atoms. The average molecular weight is 251 g/mol. The van der Waals surface area contributed by atoms with E-state index in [1.54, 1.807) is 0 Å². The van der Waals surface area contributed by atoms with E-state index in [4.69, 9.17) is 4.42 Å². The fourth-order valence-corrected chi connectivity index (χ4v) is 2.20. The maximum atomic E-state index is 12.2. The van der Waals surface area contributed by atoms with Gasteiger partial charge in [-0.3, -0.25) is 4.79 Å². The predicted octanol–water partition coefficient (Wildman–Crippen LogP) is 3.90. The summed E-state index contributed by atoms with van der Waals surface area (Å²) in [6.45, 7) is 9.92. The molecule has 1 aromatic heterocycles. The lowest BCUT2D eigenvalue weighted by Gasteiger charge is -2.13. The van der Waals surface area contributed by atoms with E-state index in [-0.39, 0.29) is 11.9 Å². The molecule has 0 aliphatic heterocycles. The first-order valence-corrected chi connectivity index (χ1v) is 6.84. The molecule has 0 fully saturated rings. The van der Waals surface area contributed by atoms with Crippen molar-refractivity contribution in [2.24, 2.45) is 0 Å². The van der Waals surface area contributed by atoms with E-state index in [0.29, 0.717) is 11.3 Å². The minimum absolute atomic E-state index is 0.00847. The van der Waals surface area contributed by atoms with Crippen molar-refractivity contribution in [3.05, 3.63) is 22.6 Å². The summed E-state index contributed by atoms with van der Waals surface area (Å²) in [6, 6.07) is 0.220. The normalized spacial score (nSPS) is 12.5. The number of aryl methyl sites for hydroxylation is 2. The van der Waals surface area contributed by atoms with E-state index >= 15 is 0 Å². The number of nitrogens with one attached hydrogen (secondary N) is 1. The molecule has 1 heterocycles. The minimum Gasteiger partial charge on any atom is -0.466 e. The van der Waals surface area contributed by atoms with Gasteiger partial charge in [0.05, 0.1) is 5.56 Å². The fraction of sp³-hybridized carbons (Fsp3) is 0.667. The van der Waals surface area contributed by atoms with Gasteiger partial charge in [-0.25, -0.2) is 0 Å². The van der Waals surface area contributed by atoms with Gasteiger partial charge in [-0.15, -0.1) is 0 Å². The number of hydrogen-bond acceptors (Lipinski definition) is 2. The monoisotopic (exact) mass is 251 g/mol. The Morgan fingerprint density at radius 3 is 2.39 bits per heavy atom. The van der Waals surface area contributed by atoms with Gasteiger partial charge in [-0.05, 0) is 34.1 Å². The van der Waals surface area contributed by atoms with Gasteiger partial charge in [0.2, 0.25) is 0 Å². The van der Waals surface area contributed by atoms with Crippen molar-refractivity contribution in [2.75, 3.05) is 0 Å². The number of hydrogen-bond donors (Lipinski definition) is 1. The molecular formula is C15H25NO2. The third-order valence-corrected chi connectivity index (χ3v) is 3.41. The molecule has 102 valence electrons. The zero-order valence-corrected chi connectivity index (χ0v) is 12.2. The van der Waals surface area contributed by atoms with E-state index in [2.05, 4.69) is 19.2 Å². The van der Waals surface area contributed by atoms with Crippen LogP contribution in [0.25, 0.3) is 0 Å². The molecule has 1 N–H and O–H groups in total. The molecule has 1 rings (SSSR count). The summed E-state index contributed by atoms with van der Waals surface area (Å²) in [5.41, 5.74) is 1.65. The molecule has 0 saturated carbocycles. The van der Waals surface area contributed by atoms with Crippen LogP contribution in [-0.4, -0.2) is 11.9 Å². The Kier molecular flexibility index (Phi) is 5.45. The zero-order valence-electron chi connectivity index (χ0n) is 12.2. The lowest BCUT2D eigenvalue weighted by atomic mass is 10.1. The molecule has 1 amide bonds. The van der Waals surface area contributed by atoms with Gasteiger partial charge in [-0.1, -0.05) is 26.2 Å². The molecule has 1 atom stereocenters. The van der Waals surface area contributed by atoms with E-state index in [9.17, 15) is 4.79 Å². The number of amides is 1. The van der Waals surface area contributed by atoms with Crippen LogP contribution in [-0.2, 0) is 0 Å². The highest BCUT2D eigenvalue weighted by Gasteiger charge is 2.19. The molecular weight excluding hydrogens is 226 g/mol. The van der Waals surface area contributed by atoms with Crippen LogP contribution in [0.4, 0.5) is 0 Å². The third kappa shape index (κ3) is 3.62. The molecule has 3 nitrogen and oxygen atoms in total. The molecule has 3 heteroatoms. The largest absolute Gasteiger partial charge is 0.466 e. The van der Waals surface area contributed by atoms with Crippen molar-refractivity contribution < 1.29 is 9.21 Å². The summed E-state index contributed by atoms with van der Waals surface area (Å²) < 4.78 is 5.49. The van der Waals surface area contributed by atoms with Gasteiger partial charge in [0, 0.05) is 11.6 Å². The van der Waals surface area contributed by atoms with E-state index < -0.39 is 0 Å². The Morgan fingerprint density at radius 1 is 1.22 bits per heavy atom. The molecule has 0 saturated heterocycles. The maximum absolute atomic E-state index is 12.2. The van der Waals surface area contributed by atoms with Crippen LogP contribution in [0.3, 0.4) is 0 Å². The Hall–Kier alpha value is -1.25. The van der Waals surface area contributed by atoms with Crippen molar-refractivity contribution in [3.8, 4) is 0 Å². The van der Waals surface area contributed by atoms with Crippen LogP contribution in [0.15, 0.2) is 4.42 Å². The van der Waals surface area contributed by atoms with Gasteiger partial charge >= 0.3 is 0 Å². The lowest BCUT2D eigenvalue weighted by Crippen LogP contribution is -2.33. The second-order valence-electron chi connectivity index (χ2n) is 5.08. The fourth-order valence-electron chi connectivity index (χ4n) is 2.20. The van der Waals surface area contributed by atoms with Crippen LogP contribution in [0.1, 0.15) is 67.0 Å². The summed E-state index contributed by atoms with van der Waals surface area (Å²) >= 11 is 0. The van der Waals surface area contributed by atoms with Crippen molar-refractivity contribution in [1.29, 1.82) is 0 Å². The molecule has 18 heavy (non-hydrogen) atoms. The molecule has 0 aliphatic carbocycles. The SMILES string of the molecule is CCCCCC(C)NC(=O)c1c(C)oc(C)c1C. The lowest BCUT2D eigenvalue weighted by molar-refractivity contribution is 0.0936. The quantitative estimate of drug-likeness (QED) is 0.779. The van der Waals surface area contributed by atoms with Gasteiger partial charge in [-0.2, -0.15) is 0 Å². The average Bonchev–Trinajstić information content (AvgIpc) is 2.53. The Balaban J connectivity index is 2.59. The molecule has 0 aliphatic rings. The van der Waals surface area contributed by atoms with Gasteiger partial charge < -0.3 is 9.73 Å². The van der Waals surface area contributed by atoms with Crippen LogP contribution in [0.2, 0.25) is 0 Å². The number of rotatable bonds is 6. The topological polar surface area (TPSA) is 42.2 Å². The van der Waals surface area contributed by atoms with Crippen molar-refractivity contribution in [3.63, 3.8) is 0 Å². The first-order chi connectivity index (χ1) is 8.47. The predicted molar refractivity (Wildman–Crippen MR) is 74.0 cm³/mol. The van der Waals surface area contributed by atoms with Crippen molar-refractivity contribution >= 4 is 5.91 Å². The van der Waals surface area contributed by atoms with Gasteiger partial charge in [0.1, 0.15) is 11.5 Å². The third-order valence-electron chi connectivity index (χ3n) is 3.41. The first-order valence-electron chi connectivity index (χ1n) is 6.84. The summed E-state index contributed by atoms with van der Waals surface area (Å²) in [5, 5.41) is 3.05. The zero-order chi connectivity index (χ0) is 13.7. The number of carbonyl (C=O) groups is 1. The highest BCUT2D eigenvalue weighted by Crippen LogP contribution is 2.20. The van der Waals surface area contributed by atoms with E-state index in [1.807, 2.05) is 20.8 Å². The maximum Gasteiger partial charge on any atom is 0.255 e. The van der Waals surface area contributed by atoms with Gasteiger partial charge in [0.25, 0.3) is 5.91 Å². The second-order valence-corrected chi connectivity index (χ2v) is 5.08. The van der Waals surface area contributed by atoms with E-state index in [1.165, 1.54) is 19.3 Å². The van der Waals surface area contributed by atoms with E-state index in [0.717, 1.165) is 17.7 Å².